The zero-order valence-electron chi connectivity index (χ0n) is 38.1. The van der Waals surface area contributed by atoms with Crippen LogP contribution in [0.5, 0.6) is 11.5 Å². The minimum atomic E-state index is -0.546. The summed E-state index contributed by atoms with van der Waals surface area (Å²) in [7, 11) is 3.85. The van der Waals surface area contributed by atoms with Gasteiger partial charge in [-0.15, -0.1) is 20.5 Å². The fourth-order valence-corrected chi connectivity index (χ4v) is 7.61. The molecule has 2 fully saturated rings. The fourth-order valence-electron chi connectivity index (χ4n) is 7.61. The summed E-state index contributed by atoms with van der Waals surface area (Å²) in [5.41, 5.74) is 19.9. The molecule has 0 aliphatic carbocycles. The Morgan fingerprint density at radius 1 is 0.681 bits per heavy atom. The number of piperidine rings is 1. The summed E-state index contributed by atoms with van der Waals surface area (Å²) >= 11 is 0. The number of pyridine rings is 2. The van der Waals surface area contributed by atoms with Crippen molar-refractivity contribution in [3.05, 3.63) is 108 Å². The van der Waals surface area contributed by atoms with Crippen LogP contribution >= 0.6 is 0 Å². The molecule has 0 radical (unpaired) electrons. The van der Waals surface area contributed by atoms with E-state index in [1.807, 2.05) is 30.0 Å². The number of anilines is 4. The molecule has 22 nitrogen and oxygen atoms in total. The van der Waals surface area contributed by atoms with Crippen LogP contribution in [0.4, 0.5) is 46.0 Å². The Hall–Kier alpha value is -8.05. The number of nitrogens with two attached hydrogens (primary N) is 3. The lowest BCUT2D eigenvalue weighted by Gasteiger charge is -2.39. The summed E-state index contributed by atoms with van der Waals surface area (Å²) < 4.78 is 11.9. The second-order valence-corrected chi connectivity index (χ2v) is 16.2. The van der Waals surface area contributed by atoms with E-state index in [0.29, 0.717) is 42.9 Å². The van der Waals surface area contributed by atoms with Gasteiger partial charge >= 0.3 is 11.9 Å². The number of hydrogen-bond acceptors (Lipinski definition) is 19. The van der Waals surface area contributed by atoms with E-state index >= 15 is 0 Å². The monoisotopic (exact) mass is 939 g/mol. The summed E-state index contributed by atoms with van der Waals surface area (Å²) in [5.74, 6) is -1.62. The number of carbonyl (C=O) groups excluding carboxylic acids is 5. The molecule has 358 valence electrons. The van der Waals surface area contributed by atoms with Crippen LogP contribution in [0.3, 0.4) is 0 Å². The molecule has 1 unspecified atom stereocenters. The second kappa shape index (κ2) is 23.1. The molecule has 2 atom stereocenters. The lowest BCUT2D eigenvalue weighted by molar-refractivity contribution is -0.141. The first-order chi connectivity index (χ1) is 33.3. The maximum absolute atomic E-state index is 13.6. The van der Waals surface area contributed by atoms with E-state index < -0.39 is 35.7 Å². The summed E-state index contributed by atoms with van der Waals surface area (Å²) in [6.45, 7) is 1.63. The van der Waals surface area contributed by atoms with Crippen molar-refractivity contribution in [2.75, 3.05) is 82.0 Å². The standard InChI is InChI=1S/C47H53N15O7/c1-60-22-9-8-15-34(60)47(67)69-37-17-10-13-30(43(37)59-58-33-19-20-38(54-45(33)50)52-40(63)25-48)35-27-62(24-23-61(35)2)28-42(65)68-36-16-7-6-14-31(36)56-57-32-18-21-39(55-44(32)49)53-41(64)26-51-46(66)29-11-4-3-5-12-29/h3-7,10-14,16-21,34-35H,8-9,15,22-28,48H2,1-2H3,(H,51,66)(H3,49,53,55,64)(H3,50,52,54,63)/b57-56+,59-58+/t34-,35?/m0/s1. The molecule has 69 heavy (non-hydrogen) atoms. The first kappa shape index (κ1) is 48.9. The first-order valence-electron chi connectivity index (χ1n) is 22.1. The zero-order valence-corrected chi connectivity index (χ0v) is 38.1. The van der Waals surface area contributed by atoms with E-state index in [-0.39, 0.29) is 77.5 Å². The third kappa shape index (κ3) is 13.1. The van der Waals surface area contributed by atoms with Crippen LogP contribution in [-0.4, -0.2) is 120 Å². The molecule has 0 saturated carbocycles. The average Bonchev–Trinajstić information content (AvgIpc) is 3.34. The van der Waals surface area contributed by atoms with Gasteiger partial charge in [-0.05, 0) is 88.1 Å². The Labute approximate surface area is 397 Å². The van der Waals surface area contributed by atoms with Gasteiger partial charge in [-0.3, -0.25) is 33.9 Å². The molecule has 22 heteroatoms. The number of ether oxygens (including phenoxy) is 2. The van der Waals surface area contributed by atoms with Gasteiger partial charge in [0.25, 0.3) is 5.91 Å². The third-order valence-electron chi connectivity index (χ3n) is 11.3. The van der Waals surface area contributed by atoms with Crippen molar-refractivity contribution < 1.29 is 33.4 Å². The Balaban J connectivity index is 1.03. The molecule has 2 aliphatic rings. The van der Waals surface area contributed by atoms with Crippen LogP contribution in [0.15, 0.2) is 118 Å². The van der Waals surface area contributed by atoms with Gasteiger partial charge in [0.05, 0.1) is 19.6 Å². The van der Waals surface area contributed by atoms with Gasteiger partial charge in [0.1, 0.15) is 40.4 Å². The number of likely N-dealkylation sites (N-methyl/N-ethyl adjacent to an activating group) is 2. The van der Waals surface area contributed by atoms with Crippen molar-refractivity contribution in [1.29, 1.82) is 0 Å². The molecule has 0 spiro atoms. The number of nitrogens with one attached hydrogen (secondary N) is 3. The van der Waals surface area contributed by atoms with Crippen molar-refractivity contribution in [2.24, 2.45) is 26.2 Å². The zero-order chi connectivity index (χ0) is 48.9. The highest BCUT2D eigenvalue weighted by atomic mass is 16.5. The summed E-state index contributed by atoms with van der Waals surface area (Å²) in [4.78, 5) is 78.3. The number of rotatable bonds is 16. The quantitative estimate of drug-likeness (QED) is 0.0430. The Bertz CT molecular complexity index is 2740. The topological polar surface area (TPSA) is 303 Å². The van der Waals surface area contributed by atoms with E-state index in [1.54, 1.807) is 72.8 Å². The van der Waals surface area contributed by atoms with Gasteiger partial charge in [0, 0.05) is 36.8 Å². The number of para-hydroxylation sites is 1. The number of piperazine rings is 1. The van der Waals surface area contributed by atoms with E-state index in [0.717, 1.165) is 19.4 Å². The average molecular weight is 940 g/mol. The summed E-state index contributed by atoms with van der Waals surface area (Å²) in [5, 5.41) is 25.2. The number of nitrogens with zero attached hydrogens (tertiary/aromatic N) is 9. The predicted molar refractivity (Wildman–Crippen MR) is 257 cm³/mol. The van der Waals surface area contributed by atoms with Crippen LogP contribution in [0.25, 0.3) is 0 Å². The van der Waals surface area contributed by atoms with Crippen molar-refractivity contribution in [3.63, 3.8) is 0 Å². The number of benzene rings is 3. The molecule has 0 bridgehead atoms. The normalized spacial score (nSPS) is 16.8. The first-order valence-corrected chi connectivity index (χ1v) is 22.1. The molecule has 2 aliphatic heterocycles. The molecule has 9 N–H and O–H groups in total. The highest BCUT2D eigenvalue weighted by Gasteiger charge is 2.32. The van der Waals surface area contributed by atoms with E-state index in [1.165, 1.54) is 18.2 Å². The Morgan fingerprint density at radius 2 is 1.33 bits per heavy atom. The highest BCUT2D eigenvalue weighted by molar-refractivity contribution is 5.99. The van der Waals surface area contributed by atoms with Crippen molar-refractivity contribution >= 4 is 75.7 Å². The lowest BCUT2D eigenvalue weighted by Crippen LogP contribution is -2.48. The van der Waals surface area contributed by atoms with Crippen molar-refractivity contribution in [1.82, 2.24) is 30.0 Å². The van der Waals surface area contributed by atoms with Crippen LogP contribution in [-0.2, 0) is 19.2 Å². The fraction of sp³-hybridized carbons (Fsp3) is 0.298. The molecule has 3 aromatic carbocycles. The van der Waals surface area contributed by atoms with Gasteiger partial charge in [0.2, 0.25) is 11.8 Å². The second-order valence-electron chi connectivity index (χ2n) is 16.2. The predicted octanol–water partition coefficient (Wildman–Crippen LogP) is 5.02. The SMILES string of the molecule is CN1CCN(CC(=O)Oc2ccccc2/N=N/c2ccc(NC(=O)CNC(=O)c3ccccc3)nc2N)CC1c1cccc(OC(=O)[C@@H]2CCCCN2C)c1/N=N/c1ccc(NC(=O)CN)nc1N. The van der Waals surface area contributed by atoms with Gasteiger partial charge < -0.3 is 42.6 Å². The number of nitrogen functional groups attached to an aromatic ring is 2. The minimum Gasteiger partial charge on any atom is -0.423 e. The highest BCUT2D eigenvalue weighted by Crippen LogP contribution is 2.41. The minimum absolute atomic E-state index is 0.00181. The number of carbonyl (C=O) groups is 5. The van der Waals surface area contributed by atoms with E-state index in [2.05, 4.69) is 51.3 Å². The molecule has 3 amide bonds. The van der Waals surface area contributed by atoms with Gasteiger partial charge in [-0.25, -0.2) is 14.8 Å². The van der Waals surface area contributed by atoms with Crippen LogP contribution in [0, 0.1) is 0 Å². The number of aromatic nitrogens is 2. The molecule has 2 aromatic heterocycles. The van der Waals surface area contributed by atoms with Gasteiger partial charge in [-0.2, -0.15) is 0 Å². The summed E-state index contributed by atoms with van der Waals surface area (Å²) in [6, 6.07) is 25.8. The van der Waals surface area contributed by atoms with Crippen molar-refractivity contribution in [2.45, 2.75) is 31.3 Å². The molecule has 4 heterocycles. The summed E-state index contributed by atoms with van der Waals surface area (Å²) in [6.07, 6.45) is 2.55. The van der Waals surface area contributed by atoms with Crippen LogP contribution < -0.4 is 42.6 Å². The van der Waals surface area contributed by atoms with Gasteiger partial charge in [0.15, 0.2) is 23.1 Å². The van der Waals surface area contributed by atoms with E-state index in [9.17, 15) is 24.0 Å². The maximum atomic E-state index is 13.6. The Kier molecular flexibility index (Phi) is 16.4. The number of likely N-dealkylation sites (tertiary alicyclic amines) is 1. The van der Waals surface area contributed by atoms with E-state index in [4.69, 9.17) is 26.7 Å². The molecule has 7 rings (SSSR count). The number of hydrogen-bond donors (Lipinski definition) is 6. The molecular formula is C47H53N15O7. The third-order valence-corrected chi connectivity index (χ3v) is 11.3. The Morgan fingerprint density at radius 3 is 2.03 bits per heavy atom. The lowest BCUT2D eigenvalue weighted by atomic mass is 10.00. The number of esters is 2. The number of amides is 3. The van der Waals surface area contributed by atoms with Crippen molar-refractivity contribution in [3.8, 4) is 11.5 Å². The van der Waals surface area contributed by atoms with Gasteiger partial charge in [-0.1, -0.05) is 48.9 Å². The molecular weight excluding hydrogens is 887 g/mol. The smallest absolute Gasteiger partial charge is 0.328 e. The van der Waals surface area contributed by atoms with Crippen LogP contribution in [0.1, 0.15) is 41.2 Å². The maximum Gasteiger partial charge on any atom is 0.328 e. The van der Waals surface area contributed by atoms with Crippen LogP contribution in [0.2, 0.25) is 0 Å². The largest absolute Gasteiger partial charge is 0.423 e. The molecule has 5 aromatic rings. The molecule has 2 saturated heterocycles. The number of azo groups is 2.